The van der Waals surface area contributed by atoms with E-state index in [1.165, 1.54) is 12.1 Å². The van der Waals surface area contributed by atoms with Gasteiger partial charge in [-0.1, -0.05) is 36.4 Å². The maximum atomic E-state index is 13.6. The summed E-state index contributed by atoms with van der Waals surface area (Å²) in [5.41, 5.74) is 1.38. The number of urea groups is 1. The van der Waals surface area contributed by atoms with Gasteiger partial charge in [0, 0.05) is 31.7 Å². The predicted molar refractivity (Wildman–Crippen MR) is 115 cm³/mol. The molecule has 2 fully saturated rings. The van der Waals surface area contributed by atoms with Crippen molar-refractivity contribution in [3.05, 3.63) is 71.5 Å². The van der Waals surface area contributed by atoms with Crippen LogP contribution in [0.3, 0.4) is 0 Å². The van der Waals surface area contributed by atoms with Crippen LogP contribution in [0.15, 0.2) is 54.6 Å². The molecule has 1 aliphatic heterocycles. The first kappa shape index (κ1) is 21.3. The summed E-state index contributed by atoms with van der Waals surface area (Å²) < 4.78 is 19.5. The first-order valence-electron chi connectivity index (χ1n) is 10.8. The molecule has 1 atom stereocenters. The van der Waals surface area contributed by atoms with Crippen LogP contribution in [0.2, 0.25) is 0 Å². The summed E-state index contributed by atoms with van der Waals surface area (Å²) in [6.45, 7) is 2.84. The Kier molecular flexibility index (Phi) is 6.82. The number of hydrogen-bond acceptors (Lipinski definition) is 3. The molecule has 3 amide bonds. The van der Waals surface area contributed by atoms with Gasteiger partial charge in [-0.15, -0.1) is 0 Å². The van der Waals surface area contributed by atoms with E-state index in [9.17, 15) is 14.0 Å². The maximum Gasteiger partial charge on any atom is 0.317 e. The van der Waals surface area contributed by atoms with Gasteiger partial charge in [0.15, 0.2) is 0 Å². The minimum Gasteiger partial charge on any atom is -0.373 e. The molecule has 1 saturated heterocycles. The van der Waals surface area contributed by atoms with Crippen molar-refractivity contribution in [2.24, 2.45) is 5.92 Å². The summed E-state index contributed by atoms with van der Waals surface area (Å²) in [5.74, 6) is -0.126. The standard InChI is InChI=1S/C24H28FN3O3/c25-21-8-4-7-20(13-21)23(29)28(15-19-9-10-19)17-22-16-27(11-12-31-22)24(30)26-14-18-5-2-1-3-6-18/h1-8,13,19,22H,9-12,14-17H2,(H,26,30). The number of carbonyl (C=O) groups excluding carboxylic acids is 2. The fourth-order valence-electron chi connectivity index (χ4n) is 3.80. The Labute approximate surface area is 182 Å². The third-order valence-corrected chi connectivity index (χ3v) is 5.67. The molecule has 164 valence electrons. The van der Waals surface area contributed by atoms with Crippen molar-refractivity contribution in [2.75, 3.05) is 32.8 Å². The van der Waals surface area contributed by atoms with E-state index in [-0.39, 0.29) is 18.0 Å². The number of carbonyl (C=O) groups is 2. The van der Waals surface area contributed by atoms with Gasteiger partial charge < -0.3 is 19.9 Å². The van der Waals surface area contributed by atoms with Crippen LogP contribution in [0.4, 0.5) is 9.18 Å². The Morgan fingerprint density at radius 2 is 1.90 bits per heavy atom. The fourth-order valence-corrected chi connectivity index (χ4v) is 3.80. The summed E-state index contributed by atoms with van der Waals surface area (Å²) in [4.78, 5) is 29.1. The van der Waals surface area contributed by atoms with Gasteiger partial charge in [-0.25, -0.2) is 9.18 Å². The van der Waals surface area contributed by atoms with Crippen LogP contribution in [0.1, 0.15) is 28.8 Å². The molecule has 2 aromatic carbocycles. The molecule has 4 rings (SSSR count). The Hall–Kier alpha value is -2.93. The molecule has 31 heavy (non-hydrogen) atoms. The summed E-state index contributed by atoms with van der Waals surface area (Å²) in [6, 6.07) is 15.4. The van der Waals surface area contributed by atoms with Crippen molar-refractivity contribution in [1.82, 2.24) is 15.1 Å². The van der Waals surface area contributed by atoms with E-state index in [4.69, 9.17) is 4.74 Å². The molecule has 0 radical (unpaired) electrons. The van der Waals surface area contributed by atoms with E-state index in [0.717, 1.165) is 18.4 Å². The lowest BCUT2D eigenvalue weighted by Gasteiger charge is -2.36. The monoisotopic (exact) mass is 425 g/mol. The molecule has 1 unspecified atom stereocenters. The minimum atomic E-state index is -0.424. The fraction of sp³-hybridized carbons (Fsp3) is 0.417. The van der Waals surface area contributed by atoms with E-state index in [2.05, 4.69) is 5.32 Å². The summed E-state index contributed by atoms with van der Waals surface area (Å²) in [6.07, 6.45) is 1.94. The highest BCUT2D eigenvalue weighted by atomic mass is 19.1. The Balaban J connectivity index is 1.35. The molecular formula is C24H28FN3O3. The lowest BCUT2D eigenvalue weighted by Crippen LogP contribution is -2.53. The molecule has 1 aliphatic carbocycles. The van der Waals surface area contributed by atoms with Gasteiger partial charge in [0.1, 0.15) is 5.82 Å². The number of rotatable bonds is 7. The zero-order chi connectivity index (χ0) is 21.6. The number of nitrogens with one attached hydrogen (secondary N) is 1. The van der Waals surface area contributed by atoms with Crippen LogP contribution < -0.4 is 5.32 Å². The molecule has 7 heteroatoms. The van der Waals surface area contributed by atoms with Gasteiger partial charge in [0.2, 0.25) is 0 Å². The van der Waals surface area contributed by atoms with Gasteiger partial charge >= 0.3 is 6.03 Å². The van der Waals surface area contributed by atoms with Crippen molar-refractivity contribution in [3.8, 4) is 0 Å². The Morgan fingerprint density at radius 1 is 1.10 bits per heavy atom. The van der Waals surface area contributed by atoms with Gasteiger partial charge in [-0.2, -0.15) is 0 Å². The van der Waals surface area contributed by atoms with E-state index >= 15 is 0 Å². The number of amides is 3. The second kappa shape index (κ2) is 9.92. The molecule has 0 aromatic heterocycles. The first-order chi connectivity index (χ1) is 15.1. The van der Waals surface area contributed by atoms with E-state index in [0.29, 0.717) is 50.8 Å². The highest BCUT2D eigenvalue weighted by molar-refractivity contribution is 5.94. The van der Waals surface area contributed by atoms with E-state index in [1.54, 1.807) is 21.9 Å². The normalized spacial score (nSPS) is 18.5. The zero-order valence-corrected chi connectivity index (χ0v) is 17.5. The molecule has 1 N–H and O–H groups in total. The van der Waals surface area contributed by atoms with Crippen molar-refractivity contribution in [3.63, 3.8) is 0 Å². The second-order valence-electron chi connectivity index (χ2n) is 8.25. The quantitative estimate of drug-likeness (QED) is 0.741. The van der Waals surface area contributed by atoms with Crippen molar-refractivity contribution in [2.45, 2.75) is 25.5 Å². The molecule has 1 heterocycles. The summed E-state index contributed by atoms with van der Waals surface area (Å²) in [7, 11) is 0. The number of morpholine rings is 1. The number of benzene rings is 2. The lowest BCUT2D eigenvalue weighted by atomic mass is 10.1. The SMILES string of the molecule is O=C(NCc1ccccc1)N1CCOC(CN(CC2CC2)C(=O)c2cccc(F)c2)C1. The van der Waals surface area contributed by atoms with Crippen molar-refractivity contribution < 1.29 is 18.7 Å². The molecule has 0 bridgehead atoms. The molecule has 6 nitrogen and oxygen atoms in total. The predicted octanol–water partition coefficient (Wildman–Crippen LogP) is 3.29. The molecule has 2 aromatic rings. The van der Waals surface area contributed by atoms with Crippen molar-refractivity contribution in [1.29, 1.82) is 0 Å². The summed E-state index contributed by atoms with van der Waals surface area (Å²) in [5, 5.41) is 2.95. The number of ether oxygens (including phenoxy) is 1. The van der Waals surface area contributed by atoms with Crippen molar-refractivity contribution >= 4 is 11.9 Å². The van der Waals surface area contributed by atoms with Crippen LogP contribution in [0.5, 0.6) is 0 Å². The van der Waals surface area contributed by atoms with Crippen LogP contribution in [0, 0.1) is 11.7 Å². The number of halogens is 1. The average Bonchev–Trinajstić information content (AvgIpc) is 3.61. The molecule has 2 aliphatic rings. The van der Waals surface area contributed by atoms with E-state index in [1.807, 2.05) is 30.3 Å². The van der Waals surface area contributed by atoms with Gasteiger partial charge in [0.25, 0.3) is 5.91 Å². The van der Waals surface area contributed by atoms with Crippen LogP contribution in [-0.4, -0.2) is 60.6 Å². The highest BCUT2D eigenvalue weighted by Gasteiger charge is 2.31. The maximum absolute atomic E-state index is 13.6. The third-order valence-electron chi connectivity index (χ3n) is 5.67. The van der Waals surface area contributed by atoms with Gasteiger partial charge in [-0.05, 0) is 42.5 Å². The smallest absolute Gasteiger partial charge is 0.317 e. The summed E-state index contributed by atoms with van der Waals surface area (Å²) >= 11 is 0. The van der Waals surface area contributed by atoms with Crippen LogP contribution in [0.25, 0.3) is 0 Å². The highest BCUT2D eigenvalue weighted by Crippen LogP contribution is 2.30. The van der Waals surface area contributed by atoms with Gasteiger partial charge in [-0.3, -0.25) is 4.79 Å². The molecular weight excluding hydrogens is 397 g/mol. The largest absolute Gasteiger partial charge is 0.373 e. The van der Waals surface area contributed by atoms with E-state index < -0.39 is 5.82 Å². The Morgan fingerprint density at radius 3 is 2.65 bits per heavy atom. The van der Waals surface area contributed by atoms with Crippen LogP contribution >= 0.6 is 0 Å². The average molecular weight is 426 g/mol. The minimum absolute atomic E-state index is 0.137. The Bertz CT molecular complexity index is 904. The molecule has 1 saturated carbocycles. The second-order valence-corrected chi connectivity index (χ2v) is 8.25. The van der Waals surface area contributed by atoms with Gasteiger partial charge in [0.05, 0.1) is 19.3 Å². The third kappa shape index (κ3) is 6.04. The molecule has 0 spiro atoms. The van der Waals surface area contributed by atoms with Crippen LogP contribution in [-0.2, 0) is 11.3 Å². The topological polar surface area (TPSA) is 61.9 Å². The number of hydrogen-bond donors (Lipinski definition) is 1. The zero-order valence-electron chi connectivity index (χ0n) is 17.5. The first-order valence-corrected chi connectivity index (χ1v) is 10.8. The number of nitrogens with zero attached hydrogens (tertiary/aromatic N) is 2. The lowest BCUT2D eigenvalue weighted by molar-refractivity contribution is -0.0282.